The van der Waals surface area contributed by atoms with Gasteiger partial charge in [-0.1, -0.05) is 84.9 Å². The molecule has 0 saturated heterocycles. The average Bonchev–Trinajstić information content (AvgIpc) is 2.81. The molecule has 31 heavy (non-hydrogen) atoms. The van der Waals surface area contributed by atoms with Crippen LogP contribution in [0.2, 0.25) is 0 Å². The quantitative estimate of drug-likeness (QED) is 0.250. The van der Waals surface area contributed by atoms with E-state index in [0.29, 0.717) is 0 Å². The van der Waals surface area contributed by atoms with Gasteiger partial charge in [0, 0.05) is 23.2 Å². The van der Waals surface area contributed by atoms with Gasteiger partial charge in [0.25, 0.3) is 0 Å². The molecule has 154 valence electrons. The van der Waals surface area contributed by atoms with Crippen molar-refractivity contribution >= 4 is 37.2 Å². The van der Waals surface area contributed by atoms with Crippen molar-refractivity contribution in [2.75, 3.05) is 4.90 Å². The molecular formula is C27H24NO2P. The van der Waals surface area contributed by atoms with Gasteiger partial charge in [0.05, 0.1) is 0 Å². The van der Waals surface area contributed by atoms with Gasteiger partial charge in [-0.05, 0) is 53.1 Å². The fourth-order valence-electron chi connectivity index (χ4n) is 3.45. The second-order valence-electron chi connectivity index (χ2n) is 7.24. The Morgan fingerprint density at radius 1 is 0.613 bits per heavy atom. The van der Waals surface area contributed by atoms with Crippen LogP contribution >= 0.6 is 8.03 Å². The largest absolute Gasteiger partial charge is 0.346 e. The van der Waals surface area contributed by atoms with E-state index in [1.165, 1.54) is 0 Å². The fraction of sp³-hybridized carbons (Fsp3) is 0.0370. The van der Waals surface area contributed by atoms with E-state index in [9.17, 15) is 4.57 Å². The summed E-state index contributed by atoms with van der Waals surface area (Å²) in [6.45, 7) is 0. The van der Waals surface area contributed by atoms with Crippen LogP contribution < -0.4 is 4.90 Å². The van der Waals surface area contributed by atoms with Gasteiger partial charge < -0.3 is 9.79 Å². The molecule has 0 aliphatic heterocycles. The highest BCUT2D eigenvalue weighted by Crippen LogP contribution is 2.34. The van der Waals surface area contributed by atoms with E-state index in [-0.39, 0.29) is 6.16 Å². The normalized spacial score (nSPS) is 12.0. The second-order valence-corrected chi connectivity index (χ2v) is 8.38. The molecule has 0 aliphatic rings. The molecule has 1 unspecified atom stereocenters. The SMILES string of the molecule is O=[PH](O)Cc1ccc(C=Cc2ccc(N(c3ccccc3)c3ccccc3)cc2)cc1. The van der Waals surface area contributed by atoms with Crippen LogP contribution in [0.25, 0.3) is 12.2 Å². The van der Waals surface area contributed by atoms with E-state index in [0.717, 1.165) is 33.8 Å². The van der Waals surface area contributed by atoms with Gasteiger partial charge in [-0.3, -0.25) is 4.57 Å². The molecule has 4 rings (SSSR count). The second kappa shape index (κ2) is 10.1. The molecule has 0 aromatic heterocycles. The Bertz CT molecular complexity index is 1120. The minimum atomic E-state index is -2.48. The van der Waals surface area contributed by atoms with Crippen molar-refractivity contribution in [3.05, 3.63) is 126 Å². The number of para-hydroxylation sites is 2. The molecule has 1 atom stereocenters. The van der Waals surface area contributed by atoms with E-state index in [1.807, 2.05) is 66.7 Å². The van der Waals surface area contributed by atoms with Crippen molar-refractivity contribution in [1.29, 1.82) is 0 Å². The van der Waals surface area contributed by atoms with E-state index < -0.39 is 8.03 Å². The van der Waals surface area contributed by atoms with Crippen molar-refractivity contribution in [2.24, 2.45) is 0 Å². The minimum absolute atomic E-state index is 0.232. The first-order chi connectivity index (χ1) is 15.2. The third-order valence-corrected chi connectivity index (χ3v) is 5.69. The smallest absolute Gasteiger partial charge is 0.193 e. The van der Waals surface area contributed by atoms with Crippen LogP contribution in [0.3, 0.4) is 0 Å². The number of nitrogens with zero attached hydrogens (tertiary/aromatic N) is 1. The summed E-state index contributed by atoms with van der Waals surface area (Å²) in [4.78, 5) is 11.3. The maximum atomic E-state index is 11.0. The number of hydrogen-bond donors (Lipinski definition) is 1. The van der Waals surface area contributed by atoms with Gasteiger partial charge in [-0.25, -0.2) is 0 Å². The Balaban J connectivity index is 1.55. The summed E-state index contributed by atoms with van der Waals surface area (Å²) in [5.41, 5.74) is 6.37. The molecule has 1 N–H and O–H groups in total. The predicted molar refractivity (Wildman–Crippen MR) is 131 cm³/mol. The number of hydrogen-bond acceptors (Lipinski definition) is 2. The van der Waals surface area contributed by atoms with Crippen LogP contribution in [0.1, 0.15) is 16.7 Å². The molecule has 0 radical (unpaired) electrons. The van der Waals surface area contributed by atoms with Crippen LogP contribution in [0, 0.1) is 0 Å². The maximum absolute atomic E-state index is 11.0. The Labute approximate surface area is 183 Å². The van der Waals surface area contributed by atoms with Crippen molar-refractivity contribution in [1.82, 2.24) is 0 Å². The van der Waals surface area contributed by atoms with Gasteiger partial charge in [0.1, 0.15) is 0 Å². The van der Waals surface area contributed by atoms with Crippen molar-refractivity contribution in [3.8, 4) is 0 Å². The molecule has 4 heteroatoms. The molecule has 0 saturated carbocycles. The lowest BCUT2D eigenvalue weighted by molar-refractivity contribution is 0.502. The lowest BCUT2D eigenvalue weighted by Gasteiger charge is -2.25. The first kappa shape index (κ1) is 20.9. The van der Waals surface area contributed by atoms with Gasteiger partial charge in [-0.15, -0.1) is 0 Å². The molecule has 0 bridgehead atoms. The summed E-state index contributed by atoms with van der Waals surface area (Å²) in [5, 5.41) is 0. The van der Waals surface area contributed by atoms with Crippen molar-refractivity contribution in [2.45, 2.75) is 6.16 Å². The number of anilines is 3. The molecule has 4 aromatic rings. The highest BCUT2D eigenvalue weighted by atomic mass is 31.1. The molecule has 0 heterocycles. The summed E-state index contributed by atoms with van der Waals surface area (Å²) < 4.78 is 11.0. The third kappa shape index (κ3) is 5.61. The number of rotatable bonds is 7. The Morgan fingerprint density at radius 2 is 1.03 bits per heavy atom. The van der Waals surface area contributed by atoms with Crippen LogP contribution in [-0.2, 0) is 10.7 Å². The topological polar surface area (TPSA) is 40.5 Å². The Hall–Kier alpha value is -3.39. The van der Waals surface area contributed by atoms with Gasteiger partial charge in [0.2, 0.25) is 0 Å². The zero-order chi connectivity index (χ0) is 21.5. The van der Waals surface area contributed by atoms with Crippen molar-refractivity contribution in [3.63, 3.8) is 0 Å². The summed E-state index contributed by atoms with van der Waals surface area (Å²) >= 11 is 0. The molecular weight excluding hydrogens is 401 g/mol. The van der Waals surface area contributed by atoms with E-state index in [2.05, 4.69) is 59.5 Å². The predicted octanol–water partition coefficient (Wildman–Crippen LogP) is 7.29. The molecule has 0 aliphatic carbocycles. The average molecular weight is 425 g/mol. The van der Waals surface area contributed by atoms with E-state index in [4.69, 9.17) is 4.89 Å². The minimum Gasteiger partial charge on any atom is -0.346 e. The van der Waals surface area contributed by atoms with Crippen molar-refractivity contribution < 1.29 is 9.46 Å². The molecule has 4 aromatic carbocycles. The summed E-state index contributed by atoms with van der Waals surface area (Å²) in [6, 6.07) is 36.9. The summed E-state index contributed by atoms with van der Waals surface area (Å²) in [6.07, 6.45) is 4.35. The standard InChI is InChI=1S/C27H24NO2P/c29-31(30)21-24-15-13-22(14-16-24)11-12-23-17-19-27(20-18-23)28(25-7-3-1-4-8-25)26-9-5-2-6-10-26/h1-20,31H,21H2,(H,29,30). The third-order valence-electron chi connectivity index (χ3n) is 4.98. The first-order valence-corrected chi connectivity index (χ1v) is 11.7. The number of benzene rings is 4. The molecule has 0 fully saturated rings. The van der Waals surface area contributed by atoms with E-state index >= 15 is 0 Å². The monoisotopic (exact) mass is 425 g/mol. The highest BCUT2D eigenvalue weighted by Gasteiger charge is 2.11. The van der Waals surface area contributed by atoms with E-state index in [1.54, 1.807) is 0 Å². The Morgan fingerprint density at radius 3 is 1.48 bits per heavy atom. The van der Waals surface area contributed by atoms with Crippen LogP contribution in [0.4, 0.5) is 17.1 Å². The zero-order valence-corrected chi connectivity index (χ0v) is 18.1. The lowest BCUT2D eigenvalue weighted by atomic mass is 10.1. The van der Waals surface area contributed by atoms with Gasteiger partial charge >= 0.3 is 0 Å². The van der Waals surface area contributed by atoms with Gasteiger partial charge in [-0.2, -0.15) is 0 Å². The van der Waals surface area contributed by atoms with Gasteiger partial charge in [0.15, 0.2) is 8.03 Å². The summed E-state index contributed by atoms with van der Waals surface area (Å²) in [5.74, 6) is 0. The highest BCUT2D eigenvalue weighted by molar-refractivity contribution is 7.37. The van der Waals surface area contributed by atoms with Crippen LogP contribution in [-0.4, -0.2) is 4.89 Å². The zero-order valence-electron chi connectivity index (χ0n) is 17.1. The Kier molecular flexibility index (Phi) is 6.78. The summed E-state index contributed by atoms with van der Waals surface area (Å²) in [7, 11) is -2.48. The molecule has 3 nitrogen and oxygen atoms in total. The fourth-order valence-corrected chi connectivity index (χ4v) is 4.03. The molecule has 0 amide bonds. The van der Waals surface area contributed by atoms with Crippen LogP contribution in [0.5, 0.6) is 0 Å². The lowest BCUT2D eigenvalue weighted by Crippen LogP contribution is -2.09. The maximum Gasteiger partial charge on any atom is 0.193 e. The van der Waals surface area contributed by atoms with Crippen LogP contribution in [0.15, 0.2) is 109 Å². The first-order valence-electron chi connectivity index (χ1n) is 10.2. The molecule has 0 spiro atoms.